The van der Waals surface area contributed by atoms with Crippen LogP contribution in [0.4, 0.5) is 0 Å². The molecule has 1 heterocycles. The molecule has 0 aliphatic carbocycles. The van der Waals surface area contributed by atoms with E-state index >= 15 is 0 Å². The van der Waals surface area contributed by atoms with Gasteiger partial charge in [-0.25, -0.2) is 4.98 Å². The van der Waals surface area contributed by atoms with Crippen LogP contribution in [0, 0.1) is 0 Å². The van der Waals surface area contributed by atoms with Crippen molar-refractivity contribution in [1.82, 2.24) is 9.55 Å². The van der Waals surface area contributed by atoms with Crippen LogP contribution in [0.15, 0.2) is 54.6 Å². The Hall–Kier alpha value is -1.81. The molecular weight excluding hydrogens is 319 g/mol. The first-order valence-corrected chi connectivity index (χ1v) is 7.60. The molecule has 0 aliphatic rings. The van der Waals surface area contributed by atoms with Gasteiger partial charge in [0.1, 0.15) is 5.82 Å². The van der Waals surface area contributed by atoms with Gasteiger partial charge in [0, 0.05) is 17.1 Å². The van der Waals surface area contributed by atoms with E-state index in [4.69, 9.17) is 23.2 Å². The summed E-state index contributed by atoms with van der Waals surface area (Å²) in [6.45, 7) is 0.431. The molecule has 0 amide bonds. The maximum absolute atomic E-state index is 9.62. The number of nitrogens with zero attached hydrogens (tertiary/aromatic N) is 2. The van der Waals surface area contributed by atoms with Crippen LogP contribution >= 0.6 is 23.2 Å². The highest BCUT2D eigenvalue weighted by Gasteiger charge is 2.16. The normalized spacial score (nSPS) is 10.9. The lowest BCUT2D eigenvalue weighted by atomic mass is 10.2. The number of benzene rings is 2. The van der Waals surface area contributed by atoms with Crippen LogP contribution < -0.4 is 0 Å². The summed E-state index contributed by atoms with van der Waals surface area (Å²) in [5.74, 6) is 0.717. The van der Waals surface area contributed by atoms with E-state index in [-0.39, 0.29) is 6.61 Å². The molecule has 0 aliphatic heterocycles. The minimum absolute atomic E-state index is 0.160. The van der Waals surface area contributed by atoms with E-state index in [0.29, 0.717) is 22.4 Å². The number of imidazole rings is 1. The van der Waals surface area contributed by atoms with Gasteiger partial charge < -0.3 is 9.67 Å². The molecule has 0 saturated carbocycles. The van der Waals surface area contributed by atoms with Crippen LogP contribution in [0.25, 0.3) is 11.4 Å². The summed E-state index contributed by atoms with van der Waals surface area (Å²) in [5, 5.41) is 10.6. The lowest BCUT2D eigenvalue weighted by Gasteiger charge is -2.11. The second-order valence-electron chi connectivity index (χ2n) is 4.91. The van der Waals surface area contributed by atoms with Crippen molar-refractivity contribution < 1.29 is 5.11 Å². The second-order valence-corrected chi connectivity index (χ2v) is 5.70. The molecule has 1 N–H and O–H groups in total. The zero-order valence-corrected chi connectivity index (χ0v) is 13.2. The molecular formula is C17H14Cl2N2O. The molecule has 0 spiro atoms. The summed E-state index contributed by atoms with van der Waals surface area (Å²) in [6.07, 6.45) is 0. The minimum atomic E-state index is -0.160. The highest BCUT2D eigenvalue weighted by molar-refractivity contribution is 6.30. The molecule has 0 fully saturated rings. The Kier molecular flexibility index (Phi) is 4.48. The standard InChI is InChI=1S/C17H14Cl2N2O/c18-14-8-6-13(7-9-14)17-20-16(19)15(11-22)21(17)10-12-4-2-1-3-5-12/h1-9,22H,10-11H2. The summed E-state index contributed by atoms with van der Waals surface area (Å²) in [6, 6.07) is 17.4. The van der Waals surface area contributed by atoms with Gasteiger partial charge in [0.2, 0.25) is 0 Å². The van der Waals surface area contributed by atoms with Crippen LogP contribution in [0.2, 0.25) is 10.2 Å². The fourth-order valence-corrected chi connectivity index (χ4v) is 2.73. The lowest BCUT2D eigenvalue weighted by molar-refractivity contribution is 0.272. The van der Waals surface area contributed by atoms with Gasteiger partial charge in [0.15, 0.2) is 5.15 Å². The average Bonchev–Trinajstić information content (AvgIpc) is 2.85. The van der Waals surface area contributed by atoms with Crippen molar-refractivity contribution in [2.24, 2.45) is 0 Å². The van der Waals surface area contributed by atoms with Crippen molar-refractivity contribution in [2.45, 2.75) is 13.2 Å². The molecule has 5 heteroatoms. The lowest BCUT2D eigenvalue weighted by Crippen LogP contribution is -2.06. The van der Waals surface area contributed by atoms with Crippen molar-refractivity contribution in [3.8, 4) is 11.4 Å². The van der Waals surface area contributed by atoms with Crippen LogP contribution in [-0.4, -0.2) is 14.7 Å². The zero-order chi connectivity index (χ0) is 15.5. The average molecular weight is 333 g/mol. The van der Waals surface area contributed by atoms with Crippen molar-refractivity contribution in [3.05, 3.63) is 76.0 Å². The Labute approximate surface area is 138 Å². The van der Waals surface area contributed by atoms with E-state index in [0.717, 1.165) is 17.0 Å². The molecule has 0 atom stereocenters. The zero-order valence-electron chi connectivity index (χ0n) is 11.7. The Morgan fingerprint density at radius 3 is 2.27 bits per heavy atom. The van der Waals surface area contributed by atoms with E-state index < -0.39 is 0 Å². The Morgan fingerprint density at radius 1 is 0.955 bits per heavy atom. The summed E-state index contributed by atoms with van der Waals surface area (Å²) in [4.78, 5) is 4.40. The SMILES string of the molecule is OCc1c(Cl)nc(-c2ccc(Cl)cc2)n1Cc1ccccc1. The molecule has 0 radical (unpaired) electrons. The maximum Gasteiger partial charge on any atom is 0.153 e. The van der Waals surface area contributed by atoms with Gasteiger partial charge in [0.05, 0.1) is 12.3 Å². The number of aromatic nitrogens is 2. The van der Waals surface area contributed by atoms with E-state index in [1.165, 1.54) is 0 Å². The van der Waals surface area contributed by atoms with E-state index in [9.17, 15) is 5.11 Å². The first-order chi connectivity index (χ1) is 10.7. The third kappa shape index (κ3) is 3.02. The van der Waals surface area contributed by atoms with Crippen molar-refractivity contribution >= 4 is 23.2 Å². The number of hydrogen-bond donors (Lipinski definition) is 1. The van der Waals surface area contributed by atoms with Crippen LogP contribution in [0.3, 0.4) is 0 Å². The number of aliphatic hydroxyl groups excluding tert-OH is 1. The molecule has 0 unspecified atom stereocenters. The molecule has 1 aromatic heterocycles. The number of rotatable bonds is 4. The predicted molar refractivity (Wildman–Crippen MR) is 89.1 cm³/mol. The third-order valence-corrected chi connectivity index (χ3v) is 4.01. The first-order valence-electron chi connectivity index (χ1n) is 6.84. The molecule has 0 saturated heterocycles. The quantitative estimate of drug-likeness (QED) is 0.769. The Balaban J connectivity index is 2.08. The number of halogens is 2. The Bertz CT molecular complexity index is 767. The summed E-state index contributed by atoms with van der Waals surface area (Å²) < 4.78 is 1.93. The predicted octanol–water partition coefficient (Wildman–Crippen LogP) is 4.40. The number of aliphatic hydroxyl groups is 1. The Morgan fingerprint density at radius 2 is 1.64 bits per heavy atom. The van der Waals surface area contributed by atoms with E-state index in [1.54, 1.807) is 0 Å². The second kappa shape index (κ2) is 6.53. The van der Waals surface area contributed by atoms with Gasteiger partial charge in [-0.15, -0.1) is 0 Å². The summed E-state index contributed by atoms with van der Waals surface area (Å²) >= 11 is 12.1. The van der Waals surface area contributed by atoms with Crippen molar-refractivity contribution in [3.63, 3.8) is 0 Å². The van der Waals surface area contributed by atoms with Gasteiger partial charge in [0.25, 0.3) is 0 Å². The van der Waals surface area contributed by atoms with E-state index in [2.05, 4.69) is 4.98 Å². The molecule has 3 aromatic rings. The fraction of sp³-hybridized carbons (Fsp3) is 0.118. The minimum Gasteiger partial charge on any atom is -0.390 e. The van der Waals surface area contributed by atoms with Crippen molar-refractivity contribution in [2.75, 3.05) is 0 Å². The topological polar surface area (TPSA) is 38.1 Å². The fourth-order valence-electron chi connectivity index (χ4n) is 2.36. The molecule has 2 aromatic carbocycles. The number of hydrogen-bond acceptors (Lipinski definition) is 2. The van der Waals surface area contributed by atoms with Gasteiger partial charge >= 0.3 is 0 Å². The molecule has 22 heavy (non-hydrogen) atoms. The van der Waals surface area contributed by atoms with Gasteiger partial charge in [-0.2, -0.15) is 0 Å². The van der Waals surface area contributed by atoms with Gasteiger partial charge in [-0.05, 0) is 29.8 Å². The molecule has 112 valence electrons. The van der Waals surface area contributed by atoms with Crippen LogP contribution in [-0.2, 0) is 13.2 Å². The van der Waals surface area contributed by atoms with Gasteiger partial charge in [-0.3, -0.25) is 0 Å². The van der Waals surface area contributed by atoms with E-state index in [1.807, 2.05) is 59.2 Å². The molecule has 3 rings (SSSR count). The first kappa shape index (κ1) is 15.1. The van der Waals surface area contributed by atoms with Crippen LogP contribution in [0.1, 0.15) is 11.3 Å². The highest BCUT2D eigenvalue weighted by atomic mass is 35.5. The summed E-state index contributed by atoms with van der Waals surface area (Å²) in [5.41, 5.74) is 2.62. The third-order valence-electron chi connectivity index (χ3n) is 3.46. The van der Waals surface area contributed by atoms with Crippen LogP contribution in [0.5, 0.6) is 0 Å². The monoisotopic (exact) mass is 332 g/mol. The molecule has 0 bridgehead atoms. The molecule has 3 nitrogen and oxygen atoms in total. The van der Waals surface area contributed by atoms with Crippen molar-refractivity contribution in [1.29, 1.82) is 0 Å². The van der Waals surface area contributed by atoms with Gasteiger partial charge in [-0.1, -0.05) is 53.5 Å². The summed E-state index contributed by atoms with van der Waals surface area (Å²) in [7, 11) is 0. The largest absolute Gasteiger partial charge is 0.390 e. The highest BCUT2D eigenvalue weighted by Crippen LogP contribution is 2.27. The maximum atomic E-state index is 9.62. The smallest absolute Gasteiger partial charge is 0.153 e.